The normalized spacial score (nSPS) is 11.3. The molecule has 0 saturated carbocycles. The smallest absolute Gasteiger partial charge is 0.269 e. The molecule has 0 radical (unpaired) electrons. The van der Waals surface area contributed by atoms with Crippen LogP contribution in [0.1, 0.15) is 11.1 Å². The Kier molecular flexibility index (Phi) is 12.6. The molecule has 0 saturated heterocycles. The summed E-state index contributed by atoms with van der Waals surface area (Å²) in [5.41, 5.74) is 8.36. The molecule has 2 aromatic carbocycles. The molecule has 12 nitrogen and oxygen atoms in total. The summed E-state index contributed by atoms with van der Waals surface area (Å²) < 4.78 is 104. The van der Waals surface area contributed by atoms with Gasteiger partial charge in [0.2, 0.25) is 0 Å². The Morgan fingerprint density at radius 3 is 1.41 bits per heavy atom. The van der Waals surface area contributed by atoms with Gasteiger partial charge in [-0.2, -0.15) is 0 Å². The minimum Gasteiger partial charge on any atom is -0.383 e. The highest BCUT2D eigenvalue weighted by Gasteiger charge is 2.21. The summed E-state index contributed by atoms with van der Waals surface area (Å²) in [5.74, 6) is -1.38. The minimum absolute atomic E-state index is 0.173. The molecule has 0 atom stereocenters. The number of fused-ring (bicyclic) bond motifs is 3. The third-order valence-electron chi connectivity index (χ3n) is 8.28. The summed E-state index contributed by atoms with van der Waals surface area (Å²) >= 11 is 3.02. The molecule has 0 aliphatic carbocycles. The summed E-state index contributed by atoms with van der Waals surface area (Å²) in [5, 5.41) is 1.70. The molecular formula is C40H31BrF4N8O4S2. The van der Waals surface area contributed by atoms with Crippen molar-refractivity contribution in [2.24, 2.45) is 0 Å². The average Bonchev–Trinajstić information content (AvgIpc) is 3.96. The lowest BCUT2D eigenvalue weighted by Gasteiger charge is -2.07. The second-order valence-corrected chi connectivity index (χ2v) is 17.1. The SMILES string of the molecule is Cc1ccc(S(=O)(=O)n2ccc3cc(F)cnc32)cc1.Cc1ccc(S(=O)(=O)n2ccc3cc(F)cnc32)cc1.Fc1cnc2[nH]ccc2c1.Nc1ncc(F)cc1Br. The van der Waals surface area contributed by atoms with Gasteiger partial charge in [-0.25, -0.2) is 62.3 Å². The van der Waals surface area contributed by atoms with Crippen molar-refractivity contribution in [2.75, 3.05) is 5.73 Å². The summed E-state index contributed by atoms with van der Waals surface area (Å²) in [4.78, 5) is 18.3. The van der Waals surface area contributed by atoms with E-state index in [1.807, 2.05) is 13.8 Å². The fourth-order valence-electron chi connectivity index (χ4n) is 5.32. The van der Waals surface area contributed by atoms with Crippen LogP contribution in [0.2, 0.25) is 0 Å². The maximum absolute atomic E-state index is 13.1. The fourth-order valence-corrected chi connectivity index (χ4v) is 8.26. The number of anilines is 1. The molecule has 0 fully saturated rings. The first-order chi connectivity index (χ1) is 28.0. The monoisotopic (exact) mass is 906 g/mol. The molecule has 7 heterocycles. The first kappa shape index (κ1) is 42.2. The van der Waals surface area contributed by atoms with Crippen LogP contribution < -0.4 is 5.73 Å². The molecule has 0 amide bonds. The molecular weight excluding hydrogens is 877 g/mol. The van der Waals surface area contributed by atoms with Gasteiger partial charge in [0.05, 0.1) is 39.1 Å². The first-order valence-corrected chi connectivity index (χ1v) is 20.7. The number of benzene rings is 2. The number of halogens is 5. The van der Waals surface area contributed by atoms with E-state index in [1.165, 1.54) is 55.0 Å². The van der Waals surface area contributed by atoms with Crippen LogP contribution in [0.25, 0.3) is 33.1 Å². The zero-order chi connectivity index (χ0) is 42.5. The van der Waals surface area contributed by atoms with Gasteiger partial charge >= 0.3 is 0 Å². The van der Waals surface area contributed by atoms with Gasteiger partial charge in [0, 0.05) is 34.7 Å². The van der Waals surface area contributed by atoms with Crippen molar-refractivity contribution >= 4 is 74.9 Å². The maximum atomic E-state index is 13.1. The lowest BCUT2D eigenvalue weighted by Crippen LogP contribution is -2.12. The van der Waals surface area contributed by atoms with E-state index in [0.29, 0.717) is 21.1 Å². The van der Waals surface area contributed by atoms with Gasteiger partial charge in [-0.1, -0.05) is 35.4 Å². The van der Waals surface area contributed by atoms with Gasteiger partial charge in [0.1, 0.15) is 34.7 Å². The highest BCUT2D eigenvalue weighted by Crippen LogP contribution is 2.23. The lowest BCUT2D eigenvalue weighted by atomic mass is 10.2. The predicted octanol–water partition coefficient (Wildman–Crippen LogP) is 8.71. The number of nitrogens with one attached hydrogen (secondary N) is 1. The van der Waals surface area contributed by atoms with Crippen LogP contribution in [0.4, 0.5) is 23.4 Å². The molecule has 0 aliphatic heterocycles. The van der Waals surface area contributed by atoms with Crippen LogP contribution in [0.5, 0.6) is 0 Å². The number of nitrogens with zero attached hydrogens (tertiary/aromatic N) is 6. The Morgan fingerprint density at radius 2 is 0.966 bits per heavy atom. The third-order valence-corrected chi connectivity index (χ3v) is 12.3. The van der Waals surface area contributed by atoms with Crippen molar-refractivity contribution in [3.63, 3.8) is 0 Å². The topological polar surface area (TPSA) is 172 Å². The molecule has 0 spiro atoms. The van der Waals surface area contributed by atoms with Gasteiger partial charge in [-0.05, 0) is 96.5 Å². The maximum Gasteiger partial charge on any atom is 0.269 e. The molecule has 7 aromatic heterocycles. The third kappa shape index (κ3) is 9.82. The number of hydrogen-bond acceptors (Lipinski definition) is 9. The van der Waals surface area contributed by atoms with E-state index in [1.54, 1.807) is 60.8 Å². The minimum atomic E-state index is -3.72. The number of nitrogen functional groups attached to an aromatic ring is 1. The number of aryl methyl sites for hydroxylation is 2. The second-order valence-electron chi connectivity index (χ2n) is 12.6. The molecule has 3 N–H and O–H groups in total. The second kappa shape index (κ2) is 17.6. The molecule has 9 aromatic rings. The predicted molar refractivity (Wildman–Crippen MR) is 219 cm³/mol. The Labute approximate surface area is 343 Å². The number of pyridine rings is 4. The molecule has 0 bridgehead atoms. The van der Waals surface area contributed by atoms with Crippen molar-refractivity contribution in [1.29, 1.82) is 0 Å². The number of aromatic amines is 1. The van der Waals surface area contributed by atoms with Crippen LogP contribution in [0.3, 0.4) is 0 Å². The van der Waals surface area contributed by atoms with Crippen LogP contribution >= 0.6 is 15.9 Å². The van der Waals surface area contributed by atoms with E-state index >= 15 is 0 Å². The molecule has 19 heteroatoms. The Balaban J connectivity index is 0.000000140. The van der Waals surface area contributed by atoms with Crippen molar-refractivity contribution in [1.82, 2.24) is 32.9 Å². The van der Waals surface area contributed by atoms with E-state index < -0.39 is 37.5 Å². The van der Waals surface area contributed by atoms with E-state index in [4.69, 9.17) is 5.73 Å². The van der Waals surface area contributed by atoms with Crippen molar-refractivity contribution in [3.05, 3.63) is 173 Å². The lowest BCUT2D eigenvalue weighted by molar-refractivity contribution is 0.586. The molecule has 0 unspecified atom stereocenters. The van der Waals surface area contributed by atoms with Crippen molar-refractivity contribution < 1.29 is 34.4 Å². The van der Waals surface area contributed by atoms with E-state index in [-0.39, 0.29) is 26.9 Å². The molecule has 0 aliphatic rings. The van der Waals surface area contributed by atoms with Gasteiger partial charge < -0.3 is 10.7 Å². The standard InChI is InChI=1S/2C14H11FN2O2S.C7H5FN2.C5H4BrFN2/c2*1-10-2-4-13(5-3-10)20(18,19)17-7-6-11-8-12(15)9-16-14(11)17;8-6-3-5-1-2-9-7(5)10-4-6;6-4-1-3(7)2-9-5(4)8/h2*2-9H,1H3;1-4H,(H,9,10);1-2H,(H2,8,9). The zero-order valence-electron chi connectivity index (χ0n) is 30.8. The number of H-pyrrole nitrogens is 1. The fraction of sp³-hybridized carbons (Fsp3) is 0.0500. The summed E-state index contributed by atoms with van der Waals surface area (Å²) in [6, 6.07) is 23.1. The highest BCUT2D eigenvalue weighted by atomic mass is 79.9. The summed E-state index contributed by atoms with van der Waals surface area (Å²) in [6.07, 6.45) is 8.77. The first-order valence-electron chi connectivity index (χ1n) is 17.1. The Bertz CT molecular complexity index is 2990. The number of nitrogens with two attached hydrogens (primary N) is 1. The van der Waals surface area contributed by atoms with Crippen molar-refractivity contribution in [3.8, 4) is 0 Å². The quantitative estimate of drug-likeness (QED) is 0.164. The van der Waals surface area contributed by atoms with E-state index in [9.17, 15) is 34.4 Å². The van der Waals surface area contributed by atoms with Gasteiger partial charge in [-0.3, -0.25) is 0 Å². The van der Waals surface area contributed by atoms with E-state index in [2.05, 4.69) is 40.8 Å². The van der Waals surface area contributed by atoms with Gasteiger partial charge in [0.25, 0.3) is 20.0 Å². The van der Waals surface area contributed by atoms with Gasteiger partial charge in [-0.15, -0.1) is 0 Å². The largest absolute Gasteiger partial charge is 0.383 e. The van der Waals surface area contributed by atoms with Crippen molar-refractivity contribution in [2.45, 2.75) is 23.6 Å². The molecule has 302 valence electrons. The van der Waals surface area contributed by atoms with Crippen LogP contribution in [0.15, 0.2) is 149 Å². The Morgan fingerprint density at radius 1 is 0.559 bits per heavy atom. The van der Waals surface area contributed by atoms with Gasteiger partial charge in [0.15, 0.2) is 11.3 Å². The summed E-state index contributed by atoms with van der Waals surface area (Å²) in [6.45, 7) is 3.76. The number of rotatable bonds is 4. The Hall–Kier alpha value is -6.44. The number of aromatic nitrogens is 7. The van der Waals surface area contributed by atoms with Crippen LogP contribution in [0, 0.1) is 37.1 Å². The highest BCUT2D eigenvalue weighted by molar-refractivity contribution is 9.10. The van der Waals surface area contributed by atoms with E-state index in [0.717, 1.165) is 48.7 Å². The average molecular weight is 908 g/mol. The summed E-state index contributed by atoms with van der Waals surface area (Å²) in [7, 11) is -7.44. The molecule has 9 rings (SSSR count). The zero-order valence-corrected chi connectivity index (χ0v) is 34.0. The number of hydrogen-bond donors (Lipinski definition) is 2. The molecule has 59 heavy (non-hydrogen) atoms. The van der Waals surface area contributed by atoms with Crippen LogP contribution in [-0.4, -0.2) is 49.7 Å². The van der Waals surface area contributed by atoms with Crippen LogP contribution in [-0.2, 0) is 20.0 Å².